The molecule has 172 valence electrons. The summed E-state index contributed by atoms with van der Waals surface area (Å²) in [7, 11) is 4.60. The summed E-state index contributed by atoms with van der Waals surface area (Å²) in [4.78, 5) is 30.1. The van der Waals surface area contributed by atoms with Gasteiger partial charge in [0.1, 0.15) is 11.6 Å². The van der Waals surface area contributed by atoms with Gasteiger partial charge in [-0.1, -0.05) is 25.1 Å². The van der Waals surface area contributed by atoms with Crippen LogP contribution in [-0.4, -0.2) is 37.9 Å². The fourth-order valence-corrected chi connectivity index (χ4v) is 3.61. The van der Waals surface area contributed by atoms with Crippen molar-refractivity contribution >= 4 is 17.4 Å². The maximum atomic E-state index is 14.7. The SMILES string of the molecule is CCC(=O)N(C)c1ccc(-c2ccc(C(=O)CCc3cccnc3OC)cc2OC)cc1F. The molecular weight excluding hydrogens is 423 g/mol. The number of Topliss-reactive ketones (excluding diaryl/α,β-unsaturated/α-hetero) is 1. The second-order valence-corrected chi connectivity index (χ2v) is 7.48. The molecule has 33 heavy (non-hydrogen) atoms. The third kappa shape index (κ3) is 5.37. The second-order valence-electron chi connectivity index (χ2n) is 7.48. The molecule has 6 nitrogen and oxygen atoms in total. The highest BCUT2D eigenvalue weighted by molar-refractivity contribution is 5.97. The number of aromatic nitrogens is 1. The summed E-state index contributed by atoms with van der Waals surface area (Å²) in [6.45, 7) is 1.73. The van der Waals surface area contributed by atoms with Crippen molar-refractivity contribution in [2.45, 2.75) is 26.2 Å². The van der Waals surface area contributed by atoms with Crippen molar-refractivity contribution in [2.24, 2.45) is 0 Å². The van der Waals surface area contributed by atoms with Gasteiger partial charge in [-0.15, -0.1) is 0 Å². The molecule has 0 N–H and O–H groups in total. The summed E-state index contributed by atoms with van der Waals surface area (Å²) in [5.41, 5.74) is 2.81. The molecule has 0 aliphatic heterocycles. The molecule has 0 saturated carbocycles. The molecule has 1 aromatic heterocycles. The van der Waals surface area contributed by atoms with Crippen LogP contribution in [0.15, 0.2) is 54.7 Å². The highest BCUT2D eigenvalue weighted by Crippen LogP contribution is 2.34. The van der Waals surface area contributed by atoms with Gasteiger partial charge in [-0.3, -0.25) is 9.59 Å². The van der Waals surface area contributed by atoms with Crippen molar-refractivity contribution in [3.05, 3.63) is 71.7 Å². The van der Waals surface area contributed by atoms with E-state index in [4.69, 9.17) is 9.47 Å². The van der Waals surface area contributed by atoms with Crippen LogP contribution in [0, 0.1) is 5.82 Å². The van der Waals surface area contributed by atoms with Gasteiger partial charge < -0.3 is 14.4 Å². The van der Waals surface area contributed by atoms with Gasteiger partial charge in [0.15, 0.2) is 5.78 Å². The number of halogens is 1. The average Bonchev–Trinajstić information content (AvgIpc) is 2.85. The lowest BCUT2D eigenvalue weighted by Crippen LogP contribution is -2.25. The number of rotatable bonds is 9. The van der Waals surface area contributed by atoms with Crippen LogP contribution in [0.5, 0.6) is 11.6 Å². The molecule has 0 aliphatic rings. The third-order valence-electron chi connectivity index (χ3n) is 5.48. The monoisotopic (exact) mass is 450 g/mol. The van der Waals surface area contributed by atoms with Crippen LogP contribution >= 0.6 is 0 Å². The van der Waals surface area contributed by atoms with E-state index in [1.165, 1.54) is 18.1 Å². The molecule has 1 heterocycles. The minimum absolute atomic E-state index is 0.0491. The Balaban J connectivity index is 1.81. The van der Waals surface area contributed by atoms with Crippen molar-refractivity contribution in [2.75, 3.05) is 26.2 Å². The first-order valence-corrected chi connectivity index (χ1v) is 10.6. The Kier molecular flexibility index (Phi) is 7.77. The number of anilines is 1. The Hall–Kier alpha value is -3.74. The van der Waals surface area contributed by atoms with Crippen LogP contribution in [-0.2, 0) is 11.2 Å². The number of nitrogens with zero attached hydrogens (tertiary/aromatic N) is 2. The largest absolute Gasteiger partial charge is 0.496 e. The molecule has 0 fully saturated rings. The van der Waals surface area contributed by atoms with Gasteiger partial charge in [0.05, 0.1) is 19.9 Å². The number of ketones is 1. The summed E-state index contributed by atoms with van der Waals surface area (Å²) < 4.78 is 25.5. The topological polar surface area (TPSA) is 68.7 Å². The summed E-state index contributed by atoms with van der Waals surface area (Å²) in [5.74, 6) is 0.238. The second kappa shape index (κ2) is 10.7. The molecule has 0 aliphatic carbocycles. The van der Waals surface area contributed by atoms with Crippen molar-refractivity contribution in [1.29, 1.82) is 0 Å². The maximum Gasteiger partial charge on any atom is 0.226 e. The van der Waals surface area contributed by atoms with E-state index in [1.54, 1.807) is 63.7 Å². The van der Waals surface area contributed by atoms with Crippen LogP contribution in [0.2, 0.25) is 0 Å². The van der Waals surface area contributed by atoms with E-state index in [9.17, 15) is 14.0 Å². The number of ether oxygens (including phenoxy) is 2. The lowest BCUT2D eigenvalue weighted by Gasteiger charge is -2.18. The maximum absolute atomic E-state index is 14.7. The molecule has 0 spiro atoms. The van der Waals surface area contributed by atoms with E-state index >= 15 is 0 Å². The number of benzene rings is 2. The quantitative estimate of drug-likeness (QED) is 0.425. The van der Waals surface area contributed by atoms with E-state index in [0.29, 0.717) is 34.7 Å². The highest BCUT2D eigenvalue weighted by Gasteiger charge is 2.17. The van der Waals surface area contributed by atoms with Gasteiger partial charge in [-0.2, -0.15) is 0 Å². The summed E-state index contributed by atoms with van der Waals surface area (Å²) >= 11 is 0. The summed E-state index contributed by atoms with van der Waals surface area (Å²) in [6, 6.07) is 13.5. The molecule has 1 amide bonds. The van der Waals surface area contributed by atoms with Gasteiger partial charge in [-0.25, -0.2) is 9.37 Å². The molecule has 0 radical (unpaired) electrons. The molecule has 7 heteroatoms. The standard InChI is InChI=1S/C26H27FN2O4/c1-5-25(31)29(2)22-12-9-18(15-21(22)27)20-11-8-19(16-24(20)32-3)23(30)13-10-17-7-6-14-28-26(17)33-4/h6-9,11-12,14-16H,5,10,13H2,1-4H3. The zero-order chi connectivity index (χ0) is 24.0. The number of hydrogen-bond donors (Lipinski definition) is 0. The fourth-order valence-electron chi connectivity index (χ4n) is 3.61. The molecule has 0 saturated heterocycles. The van der Waals surface area contributed by atoms with E-state index < -0.39 is 5.82 Å². The van der Waals surface area contributed by atoms with Crippen LogP contribution in [0.25, 0.3) is 11.1 Å². The normalized spacial score (nSPS) is 10.6. The lowest BCUT2D eigenvalue weighted by atomic mass is 9.98. The number of amides is 1. The van der Waals surface area contributed by atoms with Crippen molar-refractivity contribution < 1.29 is 23.5 Å². The smallest absolute Gasteiger partial charge is 0.226 e. The number of hydrogen-bond acceptors (Lipinski definition) is 5. The Morgan fingerprint density at radius 3 is 2.52 bits per heavy atom. The lowest BCUT2D eigenvalue weighted by molar-refractivity contribution is -0.118. The zero-order valence-electron chi connectivity index (χ0n) is 19.2. The Bertz CT molecular complexity index is 1160. The predicted octanol–water partition coefficient (Wildman–Crippen LogP) is 5.09. The minimum atomic E-state index is -0.510. The van der Waals surface area contributed by atoms with Gasteiger partial charge in [0, 0.05) is 42.8 Å². The first-order valence-electron chi connectivity index (χ1n) is 10.6. The number of carbonyl (C=O) groups excluding carboxylic acids is 2. The van der Waals surface area contributed by atoms with Crippen LogP contribution < -0.4 is 14.4 Å². The predicted molar refractivity (Wildman–Crippen MR) is 126 cm³/mol. The highest BCUT2D eigenvalue weighted by atomic mass is 19.1. The number of pyridine rings is 1. The summed E-state index contributed by atoms with van der Waals surface area (Å²) in [6.07, 6.45) is 2.71. The van der Waals surface area contributed by atoms with E-state index in [2.05, 4.69) is 4.98 Å². The molecule has 0 atom stereocenters. The van der Waals surface area contributed by atoms with Gasteiger partial charge in [0.25, 0.3) is 0 Å². The van der Waals surface area contributed by atoms with E-state index in [-0.39, 0.29) is 30.2 Å². The Morgan fingerprint density at radius 2 is 1.85 bits per heavy atom. The fraction of sp³-hybridized carbons (Fsp3) is 0.269. The minimum Gasteiger partial charge on any atom is -0.496 e. The van der Waals surface area contributed by atoms with Crippen LogP contribution in [0.4, 0.5) is 10.1 Å². The Labute approximate surface area is 193 Å². The first kappa shape index (κ1) is 23.9. The van der Waals surface area contributed by atoms with Gasteiger partial charge in [-0.05, 0) is 42.3 Å². The van der Waals surface area contributed by atoms with Crippen molar-refractivity contribution in [3.8, 4) is 22.8 Å². The Morgan fingerprint density at radius 1 is 1.06 bits per heavy atom. The molecule has 3 rings (SSSR count). The average molecular weight is 451 g/mol. The summed E-state index contributed by atoms with van der Waals surface area (Å²) in [5, 5.41) is 0. The van der Waals surface area contributed by atoms with E-state index in [0.717, 1.165) is 5.56 Å². The molecular formula is C26H27FN2O4. The molecule has 2 aromatic carbocycles. The third-order valence-corrected chi connectivity index (χ3v) is 5.48. The van der Waals surface area contributed by atoms with E-state index in [1.807, 2.05) is 6.07 Å². The number of aryl methyl sites for hydroxylation is 1. The van der Waals surface area contributed by atoms with Crippen molar-refractivity contribution in [1.82, 2.24) is 4.98 Å². The molecule has 0 bridgehead atoms. The van der Waals surface area contributed by atoms with Gasteiger partial charge in [0.2, 0.25) is 11.8 Å². The molecule has 0 unspecified atom stereocenters. The zero-order valence-corrected chi connectivity index (χ0v) is 19.2. The van der Waals surface area contributed by atoms with Gasteiger partial charge >= 0.3 is 0 Å². The first-order chi connectivity index (χ1) is 15.9. The van der Waals surface area contributed by atoms with Crippen molar-refractivity contribution in [3.63, 3.8) is 0 Å². The number of carbonyl (C=O) groups is 2. The molecule has 3 aromatic rings. The number of methoxy groups -OCH3 is 2. The van der Waals surface area contributed by atoms with Crippen LogP contribution in [0.1, 0.15) is 35.7 Å². The van der Waals surface area contributed by atoms with Crippen LogP contribution in [0.3, 0.4) is 0 Å².